The van der Waals surface area contributed by atoms with Crippen molar-refractivity contribution in [2.45, 2.75) is 13.5 Å². The van der Waals surface area contributed by atoms with Crippen molar-refractivity contribution < 1.29 is 4.74 Å². The van der Waals surface area contributed by atoms with E-state index in [1.54, 1.807) is 0 Å². The number of hydrogen-bond acceptors (Lipinski definition) is 1. The topological polar surface area (TPSA) is 9.23 Å². The predicted molar refractivity (Wildman–Crippen MR) is 84.6 cm³/mol. The Balaban J connectivity index is 2.14. The highest BCUT2D eigenvalue weighted by Crippen LogP contribution is 2.22. The first kappa shape index (κ1) is 14.8. The molecule has 1 nitrogen and oxygen atoms in total. The number of benzene rings is 2. The van der Waals surface area contributed by atoms with Crippen molar-refractivity contribution in [2.75, 3.05) is 5.88 Å². The Morgan fingerprint density at radius 3 is 2.70 bits per heavy atom. The molecule has 0 aliphatic heterocycles. The molecule has 0 aliphatic rings. The van der Waals surface area contributed by atoms with Crippen molar-refractivity contribution in [1.29, 1.82) is 0 Å². The third-order valence-corrected chi connectivity index (χ3v) is 3.25. The lowest BCUT2D eigenvalue weighted by atomic mass is 10.1. The number of rotatable bonds is 3. The van der Waals surface area contributed by atoms with Crippen LogP contribution in [0.5, 0.6) is 5.75 Å². The predicted octanol–water partition coefficient (Wildman–Crippen LogP) is 4.82. The lowest BCUT2D eigenvalue weighted by Crippen LogP contribution is -1.98. The summed E-state index contributed by atoms with van der Waals surface area (Å²) in [7, 11) is 0. The van der Waals surface area contributed by atoms with Crippen LogP contribution in [-0.2, 0) is 6.61 Å². The van der Waals surface area contributed by atoms with Crippen LogP contribution in [0.4, 0.5) is 0 Å². The monoisotopic (exact) mass is 304 g/mol. The second-order valence-electron chi connectivity index (χ2n) is 4.32. The molecule has 0 spiro atoms. The second-order valence-corrected chi connectivity index (χ2v) is 4.99. The molecule has 2 aromatic rings. The van der Waals surface area contributed by atoms with Crippen LogP contribution in [0.3, 0.4) is 0 Å². The summed E-state index contributed by atoms with van der Waals surface area (Å²) >= 11 is 11.8. The van der Waals surface area contributed by atoms with Crippen molar-refractivity contribution in [3.05, 3.63) is 64.2 Å². The normalized spacial score (nSPS) is 9.75. The van der Waals surface area contributed by atoms with E-state index in [-0.39, 0.29) is 0 Å². The summed E-state index contributed by atoms with van der Waals surface area (Å²) in [5.74, 6) is 6.86. The molecular weight excluding hydrogens is 291 g/mol. The van der Waals surface area contributed by atoms with E-state index in [9.17, 15) is 0 Å². The van der Waals surface area contributed by atoms with Crippen LogP contribution in [0.25, 0.3) is 0 Å². The Labute approximate surface area is 129 Å². The minimum absolute atomic E-state index is 0.304. The third-order valence-electron chi connectivity index (χ3n) is 2.77. The van der Waals surface area contributed by atoms with Crippen LogP contribution in [0.15, 0.2) is 42.5 Å². The molecule has 0 saturated carbocycles. The molecular formula is C17H14Cl2O. The molecule has 0 atom stereocenters. The molecule has 3 heteroatoms. The number of alkyl halides is 1. The van der Waals surface area contributed by atoms with E-state index < -0.39 is 0 Å². The fourth-order valence-electron chi connectivity index (χ4n) is 1.75. The maximum Gasteiger partial charge on any atom is 0.135 e. The van der Waals surface area contributed by atoms with E-state index in [1.807, 2.05) is 49.4 Å². The lowest BCUT2D eigenvalue weighted by molar-refractivity contribution is 0.305. The zero-order valence-electron chi connectivity index (χ0n) is 11.1. The van der Waals surface area contributed by atoms with Gasteiger partial charge in [-0.3, -0.25) is 0 Å². The van der Waals surface area contributed by atoms with Gasteiger partial charge in [-0.2, -0.15) is 0 Å². The summed E-state index contributed by atoms with van der Waals surface area (Å²) in [5, 5.41) is 0.717. The van der Waals surface area contributed by atoms with Gasteiger partial charge in [-0.25, -0.2) is 0 Å². The maximum atomic E-state index is 6.19. The molecule has 0 saturated heterocycles. The molecule has 0 bridgehead atoms. The number of para-hydroxylation sites is 1. The maximum absolute atomic E-state index is 6.19. The molecule has 0 unspecified atom stereocenters. The lowest BCUT2D eigenvalue weighted by Gasteiger charge is -2.10. The zero-order valence-corrected chi connectivity index (χ0v) is 12.6. The number of halogens is 2. The van der Waals surface area contributed by atoms with Crippen molar-refractivity contribution in [2.24, 2.45) is 0 Å². The molecule has 0 N–H and O–H groups in total. The third kappa shape index (κ3) is 3.93. The van der Waals surface area contributed by atoms with Gasteiger partial charge in [-0.05, 0) is 30.7 Å². The standard InChI is InChI=1S/C17H14Cl2O/c1-13-8-9-15(16(19)11-13)12-20-17-7-3-2-5-14(17)6-4-10-18/h2-3,5,7-9,11H,10,12H2,1H3. The highest BCUT2D eigenvalue weighted by molar-refractivity contribution is 6.31. The Morgan fingerprint density at radius 1 is 1.15 bits per heavy atom. The molecule has 0 aliphatic carbocycles. The number of aryl methyl sites for hydroxylation is 1. The van der Waals surface area contributed by atoms with Gasteiger partial charge in [0.05, 0.1) is 11.4 Å². The SMILES string of the molecule is Cc1ccc(COc2ccccc2C#CCCl)c(Cl)c1. The first-order valence-electron chi connectivity index (χ1n) is 6.22. The largest absolute Gasteiger partial charge is 0.488 e. The zero-order chi connectivity index (χ0) is 14.4. The second kappa shape index (κ2) is 7.24. The van der Waals surface area contributed by atoms with Gasteiger partial charge in [0, 0.05) is 10.6 Å². The Kier molecular flexibility index (Phi) is 5.35. The number of hydrogen-bond donors (Lipinski definition) is 0. The van der Waals surface area contributed by atoms with Crippen LogP contribution >= 0.6 is 23.2 Å². The van der Waals surface area contributed by atoms with Gasteiger partial charge in [-0.15, -0.1) is 11.6 Å². The van der Waals surface area contributed by atoms with Crippen molar-refractivity contribution in [3.63, 3.8) is 0 Å². The Morgan fingerprint density at radius 2 is 1.95 bits per heavy atom. The van der Waals surface area contributed by atoms with Crippen molar-refractivity contribution in [1.82, 2.24) is 0 Å². The van der Waals surface area contributed by atoms with E-state index in [4.69, 9.17) is 27.9 Å². The Hall–Kier alpha value is -1.62. The molecule has 0 aromatic heterocycles. The first-order valence-corrected chi connectivity index (χ1v) is 7.13. The highest BCUT2D eigenvalue weighted by Gasteiger charge is 2.04. The van der Waals surface area contributed by atoms with E-state index in [0.29, 0.717) is 17.5 Å². The molecule has 2 rings (SSSR count). The van der Waals surface area contributed by atoms with Crippen LogP contribution in [0, 0.1) is 18.8 Å². The average Bonchev–Trinajstić information content (AvgIpc) is 2.45. The van der Waals surface area contributed by atoms with E-state index >= 15 is 0 Å². The van der Waals surface area contributed by atoms with Gasteiger partial charge < -0.3 is 4.74 Å². The van der Waals surface area contributed by atoms with Crippen LogP contribution in [0.2, 0.25) is 5.02 Å². The van der Waals surface area contributed by atoms with Crippen LogP contribution in [0.1, 0.15) is 16.7 Å². The van der Waals surface area contributed by atoms with Gasteiger partial charge in [0.15, 0.2) is 0 Å². The van der Waals surface area contributed by atoms with Gasteiger partial charge in [0.1, 0.15) is 12.4 Å². The smallest absolute Gasteiger partial charge is 0.135 e. The molecule has 2 aromatic carbocycles. The van der Waals surface area contributed by atoms with Gasteiger partial charge in [-0.1, -0.05) is 47.7 Å². The highest BCUT2D eigenvalue weighted by atomic mass is 35.5. The summed E-state index contributed by atoms with van der Waals surface area (Å²) < 4.78 is 5.81. The molecule has 0 fully saturated rings. The fraction of sp³-hybridized carbons (Fsp3) is 0.176. The van der Waals surface area contributed by atoms with Crippen LogP contribution < -0.4 is 4.74 Å². The summed E-state index contributed by atoms with van der Waals surface area (Å²) in [5.41, 5.74) is 2.92. The average molecular weight is 305 g/mol. The fourth-order valence-corrected chi connectivity index (χ4v) is 2.11. The van der Waals surface area contributed by atoms with Crippen molar-refractivity contribution in [3.8, 4) is 17.6 Å². The Bertz CT molecular complexity index is 654. The summed E-state index contributed by atoms with van der Waals surface area (Å²) in [6.45, 7) is 2.42. The molecule has 102 valence electrons. The van der Waals surface area contributed by atoms with Crippen molar-refractivity contribution >= 4 is 23.2 Å². The molecule has 0 radical (unpaired) electrons. The quantitative estimate of drug-likeness (QED) is 0.583. The van der Waals surface area contributed by atoms with E-state index in [1.165, 1.54) is 0 Å². The van der Waals surface area contributed by atoms with Gasteiger partial charge >= 0.3 is 0 Å². The van der Waals surface area contributed by atoms with E-state index in [2.05, 4.69) is 11.8 Å². The van der Waals surface area contributed by atoms with Crippen LogP contribution in [-0.4, -0.2) is 5.88 Å². The van der Waals surface area contributed by atoms with Gasteiger partial charge in [0.2, 0.25) is 0 Å². The molecule has 20 heavy (non-hydrogen) atoms. The minimum atomic E-state index is 0.304. The first-order chi connectivity index (χ1) is 9.70. The molecule has 0 amide bonds. The number of ether oxygens (including phenoxy) is 1. The molecule has 0 heterocycles. The van der Waals surface area contributed by atoms with Gasteiger partial charge in [0.25, 0.3) is 0 Å². The van der Waals surface area contributed by atoms with E-state index in [0.717, 1.165) is 22.4 Å². The summed E-state index contributed by atoms with van der Waals surface area (Å²) in [6.07, 6.45) is 0. The summed E-state index contributed by atoms with van der Waals surface area (Å²) in [4.78, 5) is 0. The minimum Gasteiger partial charge on any atom is -0.488 e. The summed E-state index contributed by atoms with van der Waals surface area (Å²) in [6, 6.07) is 13.6.